The van der Waals surface area contributed by atoms with E-state index in [1.54, 1.807) is 6.92 Å². The van der Waals surface area contributed by atoms with E-state index in [0.717, 1.165) is 0 Å². The molecule has 0 bridgehead atoms. The van der Waals surface area contributed by atoms with Gasteiger partial charge in [-0.05, 0) is 20.3 Å². The predicted molar refractivity (Wildman–Crippen MR) is 66.9 cm³/mol. The van der Waals surface area contributed by atoms with Crippen molar-refractivity contribution >= 4 is 5.91 Å². The molecule has 0 aromatic heterocycles. The molecule has 1 amide bonds. The summed E-state index contributed by atoms with van der Waals surface area (Å²) in [5.41, 5.74) is -0.638. The van der Waals surface area contributed by atoms with Crippen LogP contribution in [0.4, 0.5) is 0 Å². The molecule has 0 spiro atoms. The third kappa shape index (κ3) is 3.98. The normalized spacial score (nSPS) is 31.7. The van der Waals surface area contributed by atoms with Gasteiger partial charge >= 0.3 is 0 Å². The van der Waals surface area contributed by atoms with Crippen LogP contribution in [0.1, 0.15) is 26.7 Å². The smallest absolute Gasteiger partial charge is 0.222 e. The van der Waals surface area contributed by atoms with Gasteiger partial charge in [-0.25, -0.2) is 0 Å². The number of carbonyl (C=O) groups excluding carboxylic acids is 1. The van der Waals surface area contributed by atoms with E-state index < -0.39 is 11.6 Å². The van der Waals surface area contributed by atoms with Gasteiger partial charge in [-0.1, -0.05) is 5.92 Å². The third-order valence-electron chi connectivity index (χ3n) is 3.18. The van der Waals surface area contributed by atoms with Crippen molar-refractivity contribution in [1.29, 1.82) is 0 Å². The van der Waals surface area contributed by atoms with Gasteiger partial charge in [0, 0.05) is 6.61 Å². The van der Waals surface area contributed by atoms with E-state index in [2.05, 4.69) is 11.2 Å². The minimum Gasteiger partial charge on any atom is -0.388 e. The molecule has 102 valence electrons. The zero-order valence-electron chi connectivity index (χ0n) is 10.9. The molecule has 0 aromatic carbocycles. The molecule has 18 heavy (non-hydrogen) atoms. The molecule has 0 aliphatic carbocycles. The van der Waals surface area contributed by atoms with Gasteiger partial charge in [-0.2, -0.15) is 0 Å². The molecule has 0 unspecified atom stereocenters. The van der Waals surface area contributed by atoms with Crippen LogP contribution >= 0.6 is 0 Å². The Morgan fingerprint density at radius 2 is 2.44 bits per heavy atom. The van der Waals surface area contributed by atoms with Crippen LogP contribution in [-0.4, -0.2) is 48.6 Å². The Balaban J connectivity index is 2.40. The van der Waals surface area contributed by atoms with E-state index in [0.29, 0.717) is 13.0 Å². The van der Waals surface area contributed by atoms with Crippen LogP contribution in [0.25, 0.3) is 0 Å². The number of rotatable bonds is 5. The second-order valence-corrected chi connectivity index (χ2v) is 4.74. The van der Waals surface area contributed by atoms with Crippen LogP contribution < -0.4 is 5.32 Å². The van der Waals surface area contributed by atoms with Crippen LogP contribution in [0.2, 0.25) is 0 Å². The van der Waals surface area contributed by atoms with Gasteiger partial charge in [0.15, 0.2) is 0 Å². The third-order valence-corrected chi connectivity index (χ3v) is 3.18. The van der Waals surface area contributed by atoms with Crippen molar-refractivity contribution in [3.05, 3.63) is 0 Å². The van der Waals surface area contributed by atoms with Gasteiger partial charge < -0.3 is 19.9 Å². The molecule has 2 N–H and O–H groups in total. The highest BCUT2D eigenvalue weighted by Crippen LogP contribution is 2.24. The van der Waals surface area contributed by atoms with Crippen molar-refractivity contribution in [3.63, 3.8) is 0 Å². The fraction of sp³-hybridized carbons (Fsp3) is 0.769. The first-order valence-electron chi connectivity index (χ1n) is 6.11. The van der Waals surface area contributed by atoms with Gasteiger partial charge in [-0.15, -0.1) is 6.42 Å². The van der Waals surface area contributed by atoms with E-state index in [-0.39, 0.29) is 31.6 Å². The number of hydrogen-bond donors (Lipinski definition) is 2. The first-order chi connectivity index (χ1) is 8.49. The Hall–Kier alpha value is -1.09. The summed E-state index contributed by atoms with van der Waals surface area (Å²) in [4.78, 5) is 11.7. The van der Waals surface area contributed by atoms with Gasteiger partial charge in [0.05, 0.1) is 24.7 Å². The Morgan fingerprint density at radius 3 is 3.11 bits per heavy atom. The van der Waals surface area contributed by atoms with Crippen molar-refractivity contribution in [3.8, 4) is 12.3 Å². The van der Waals surface area contributed by atoms with Crippen LogP contribution in [0.3, 0.4) is 0 Å². The lowest BCUT2D eigenvalue weighted by Crippen LogP contribution is -2.61. The molecule has 1 aliphatic rings. The average molecular weight is 255 g/mol. The SMILES string of the molecule is C#CCOCCC(=O)N[C@@]1(C)CCO[C@@H](C)[C@H]1O. The molecule has 1 aliphatic heterocycles. The topological polar surface area (TPSA) is 67.8 Å². The summed E-state index contributed by atoms with van der Waals surface area (Å²) < 4.78 is 10.4. The van der Waals surface area contributed by atoms with E-state index in [1.165, 1.54) is 0 Å². The lowest BCUT2D eigenvalue weighted by molar-refractivity contribution is -0.137. The van der Waals surface area contributed by atoms with Crippen LogP contribution in [0.15, 0.2) is 0 Å². The van der Waals surface area contributed by atoms with Crippen LogP contribution in [-0.2, 0) is 14.3 Å². The van der Waals surface area contributed by atoms with Gasteiger partial charge in [0.2, 0.25) is 5.91 Å². The van der Waals surface area contributed by atoms with Crippen molar-refractivity contribution in [2.75, 3.05) is 19.8 Å². The molecule has 1 rings (SSSR count). The maximum Gasteiger partial charge on any atom is 0.222 e. The number of aliphatic hydroxyl groups is 1. The highest BCUT2D eigenvalue weighted by atomic mass is 16.5. The lowest BCUT2D eigenvalue weighted by Gasteiger charge is -2.42. The Labute approximate surface area is 108 Å². The van der Waals surface area contributed by atoms with Crippen molar-refractivity contribution < 1.29 is 19.4 Å². The molecule has 3 atom stereocenters. The van der Waals surface area contributed by atoms with Gasteiger partial charge in [-0.3, -0.25) is 4.79 Å². The van der Waals surface area contributed by atoms with Crippen LogP contribution in [0, 0.1) is 12.3 Å². The number of terminal acetylenes is 1. The molecule has 0 aromatic rings. The average Bonchev–Trinajstić information content (AvgIpc) is 2.32. The highest BCUT2D eigenvalue weighted by Gasteiger charge is 2.41. The summed E-state index contributed by atoms with van der Waals surface area (Å²) in [6, 6.07) is 0. The zero-order chi connectivity index (χ0) is 13.6. The van der Waals surface area contributed by atoms with Crippen molar-refractivity contribution in [1.82, 2.24) is 5.32 Å². The second-order valence-electron chi connectivity index (χ2n) is 4.74. The Kier molecular flexibility index (Phi) is 5.60. The van der Waals surface area contributed by atoms with Gasteiger partial charge in [0.1, 0.15) is 12.7 Å². The highest BCUT2D eigenvalue weighted by molar-refractivity contribution is 5.77. The van der Waals surface area contributed by atoms with Crippen molar-refractivity contribution in [2.24, 2.45) is 0 Å². The molecule has 1 fully saturated rings. The summed E-state index contributed by atoms with van der Waals surface area (Å²) in [5.74, 6) is 2.18. The molecule has 0 radical (unpaired) electrons. The minimum atomic E-state index is -0.707. The quantitative estimate of drug-likeness (QED) is 0.539. The first kappa shape index (κ1) is 15.0. The lowest BCUT2D eigenvalue weighted by atomic mass is 9.86. The molecular weight excluding hydrogens is 234 g/mol. The first-order valence-corrected chi connectivity index (χ1v) is 6.11. The fourth-order valence-electron chi connectivity index (χ4n) is 2.03. The number of carbonyl (C=O) groups is 1. The zero-order valence-corrected chi connectivity index (χ0v) is 10.9. The van der Waals surface area contributed by atoms with E-state index in [1.807, 2.05) is 6.92 Å². The van der Waals surface area contributed by atoms with E-state index >= 15 is 0 Å². The monoisotopic (exact) mass is 255 g/mol. The molecule has 1 heterocycles. The summed E-state index contributed by atoms with van der Waals surface area (Å²) in [5, 5.41) is 12.9. The summed E-state index contributed by atoms with van der Waals surface area (Å²) in [7, 11) is 0. The largest absolute Gasteiger partial charge is 0.388 e. The standard InChI is InChI=1S/C13H21NO4/c1-4-7-17-8-5-11(15)14-13(3)6-9-18-10(2)12(13)16/h1,10,12,16H,5-9H2,2-3H3,(H,14,15)/t10-,12+,13-/m0/s1. The number of ether oxygens (including phenoxy) is 2. The molecule has 1 saturated heterocycles. The summed E-state index contributed by atoms with van der Waals surface area (Å²) >= 11 is 0. The number of nitrogens with one attached hydrogen (secondary N) is 1. The van der Waals surface area contributed by atoms with Gasteiger partial charge in [0.25, 0.3) is 0 Å². The molecule has 5 heteroatoms. The molecular formula is C13H21NO4. The Morgan fingerprint density at radius 1 is 1.72 bits per heavy atom. The molecule has 0 saturated carbocycles. The number of aliphatic hydroxyl groups excluding tert-OH is 1. The van der Waals surface area contributed by atoms with Crippen molar-refractivity contribution in [2.45, 2.75) is 44.4 Å². The Bertz CT molecular complexity index is 325. The number of hydrogen-bond acceptors (Lipinski definition) is 4. The second kappa shape index (κ2) is 6.74. The summed E-state index contributed by atoms with van der Waals surface area (Å²) in [6.45, 7) is 4.65. The maximum absolute atomic E-state index is 11.7. The van der Waals surface area contributed by atoms with Crippen LogP contribution in [0.5, 0.6) is 0 Å². The predicted octanol–water partition coefficient (Wildman–Crippen LogP) is 0.0709. The minimum absolute atomic E-state index is 0.150. The maximum atomic E-state index is 11.7. The molecule has 5 nitrogen and oxygen atoms in total. The summed E-state index contributed by atoms with van der Waals surface area (Å²) in [6.07, 6.45) is 4.87. The van der Waals surface area contributed by atoms with E-state index in [4.69, 9.17) is 15.9 Å². The van der Waals surface area contributed by atoms with E-state index in [9.17, 15) is 9.90 Å². The number of amides is 1. The fourth-order valence-corrected chi connectivity index (χ4v) is 2.03.